The van der Waals surface area contributed by atoms with Gasteiger partial charge in [0.25, 0.3) is 5.91 Å². The van der Waals surface area contributed by atoms with E-state index in [2.05, 4.69) is 37.1 Å². The van der Waals surface area contributed by atoms with Gasteiger partial charge in [-0.05, 0) is 52.2 Å². The summed E-state index contributed by atoms with van der Waals surface area (Å²) in [6.45, 7) is 8.79. The maximum atomic E-state index is 13.9. The third-order valence-electron chi connectivity index (χ3n) is 7.42. The quantitative estimate of drug-likeness (QED) is 0.114. The summed E-state index contributed by atoms with van der Waals surface area (Å²) in [4.78, 5) is 78.8. The summed E-state index contributed by atoms with van der Waals surface area (Å²) in [5.74, 6) is -3.83. The monoisotopic (exact) mass is 723 g/mol. The molecule has 2 aromatic carbocycles. The molecule has 0 spiro atoms. The lowest BCUT2D eigenvalue weighted by atomic mass is 10.0. The number of benzene rings is 2. The number of carbonyl (C=O) groups is 6. The Morgan fingerprint density at radius 2 is 1.41 bits per heavy atom. The van der Waals surface area contributed by atoms with Gasteiger partial charge in [-0.2, -0.15) is 0 Å². The molecule has 6 N–H and O–H groups in total. The minimum Gasteiger partial charge on any atom is -0.361 e. The van der Waals surface area contributed by atoms with Crippen LogP contribution in [0.15, 0.2) is 65.2 Å². The maximum absolute atomic E-state index is 13.9. The minimum absolute atomic E-state index is 0.109. The number of carbonyl (C=O) groups excluding carboxylic acids is 6. The third-order valence-corrected chi connectivity index (χ3v) is 7.66. The standard InChI is InChI=1S/C36H46ClN7O7/c1-22-11-13-25(14-12-22)20-39-32(47)27(18-24-9-7-6-8-10-24)41-33(48)26(15-16-30(45)43-36(3,4)5)40-35(50)29(21-38-31(46)19-37)42-34(49)28-17-23(2)51-44-28/h6-14,17,26-27,29H,15-16,18-21H2,1-5H3,(H,38,46)(H,39,47)(H,40,50)(H,41,48)(H,42,49)(H,43,45)/t26-,27-,29-/m0/s1. The van der Waals surface area contributed by atoms with Crippen molar-refractivity contribution in [1.82, 2.24) is 37.1 Å². The molecule has 274 valence electrons. The highest BCUT2D eigenvalue weighted by Gasteiger charge is 2.31. The van der Waals surface area contributed by atoms with Crippen LogP contribution in [0.25, 0.3) is 0 Å². The van der Waals surface area contributed by atoms with Crippen LogP contribution in [0.5, 0.6) is 0 Å². The Kier molecular flexibility index (Phi) is 15.2. The van der Waals surface area contributed by atoms with Gasteiger partial charge in [0.1, 0.15) is 29.8 Å². The van der Waals surface area contributed by atoms with Crippen LogP contribution in [0, 0.1) is 13.8 Å². The van der Waals surface area contributed by atoms with Crippen LogP contribution in [0.4, 0.5) is 0 Å². The van der Waals surface area contributed by atoms with Crippen molar-refractivity contribution in [3.8, 4) is 0 Å². The molecule has 1 heterocycles. The van der Waals surface area contributed by atoms with Crippen LogP contribution >= 0.6 is 11.6 Å². The van der Waals surface area contributed by atoms with Crippen LogP contribution < -0.4 is 31.9 Å². The van der Waals surface area contributed by atoms with Crippen LogP contribution in [0.2, 0.25) is 0 Å². The van der Waals surface area contributed by atoms with Gasteiger partial charge in [0.2, 0.25) is 29.5 Å². The Morgan fingerprint density at radius 1 is 0.765 bits per heavy atom. The van der Waals surface area contributed by atoms with Crippen molar-refractivity contribution in [3.05, 3.63) is 88.8 Å². The van der Waals surface area contributed by atoms with Gasteiger partial charge in [-0.25, -0.2) is 0 Å². The van der Waals surface area contributed by atoms with E-state index in [1.807, 2.05) is 61.5 Å². The summed E-state index contributed by atoms with van der Waals surface area (Å²) in [7, 11) is 0. The highest BCUT2D eigenvalue weighted by Crippen LogP contribution is 2.09. The number of alkyl halides is 1. The summed E-state index contributed by atoms with van der Waals surface area (Å²) >= 11 is 5.61. The smallest absolute Gasteiger partial charge is 0.274 e. The number of rotatable bonds is 17. The molecule has 0 bridgehead atoms. The van der Waals surface area contributed by atoms with Crippen molar-refractivity contribution in [2.45, 2.75) is 84.1 Å². The molecule has 0 saturated heterocycles. The molecule has 0 unspecified atom stereocenters. The van der Waals surface area contributed by atoms with E-state index < -0.39 is 59.1 Å². The van der Waals surface area contributed by atoms with Crippen molar-refractivity contribution < 1.29 is 33.3 Å². The molecule has 51 heavy (non-hydrogen) atoms. The normalized spacial score (nSPS) is 12.8. The first-order chi connectivity index (χ1) is 24.1. The SMILES string of the molecule is Cc1ccc(CNC(=O)[C@H](Cc2ccccc2)NC(=O)[C@H](CCC(=O)NC(C)(C)C)NC(=O)[C@H](CNC(=O)CCl)NC(=O)c2cc(C)on2)cc1. The number of amides is 6. The first-order valence-corrected chi connectivity index (χ1v) is 17.0. The Morgan fingerprint density at radius 3 is 2.02 bits per heavy atom. The number of aryl methyl sites for hydroxylation is 2. The predicted octanol–water partition coefficient (Wildman–Crippen LogP) is 1.97. The van der Waals surface area contributed by atoms with E-state index in [1.165, 1.54) is 6.07 Å². The molecule has 0 radical (unpaired) electrons. The van der Waals surface area contributed by atoms with E-state index in [0.29, 0.717) is 5.76 Å². The molecule has 3 rings (SSSR count). The maximum Gasteiger partial charge on any atom is 0.274 e. The molecule has 0 aliphatic rings. The summed E-state index contributed by atoms with van der Waals surface area (Å²) < 4.78 is 4.95. The van der Waals surface area contributed by atoms with Gasteiger partial charge in [0, 0.05) is 37.5 Å². The van der Waals surface area contributed by atoms with Crippen molar-refractivity contribution >= 4 is 47.0 Å². The fraction of sp³-hybridized carbons (Fsp3) is 0.417. The lowest BCUT2D eigenvalue weighted by Gasteiger charge is -2.26. The molecule has 0 aliphatic heterocycles. The average Bonchev–Trinajstić information content (AvgIpc) is 3.53. The molecule has 0 aliphatic carbocycles. The van der Waals surface area contributed by atoms with E-state index in [4.69, 9.17) is 16.1 Å². The number of nitrogens with zero attached hydrogens (tertiary/aromatic N) is 1. The number of aromatic nitrogens is 1. The Labute approximate surface area is 302 Å². The van der Waals surface area contributed by atoms with Crippen molar-refractivity contribution in [2.75, 3.05) is 12.4 Å². The van der Waals surface area contributed by atoms with E-state index in [-0.39, 0.29) is 44.0 Å². The highest BCUT2D eigenvalue weighted by atomic mass is 35.5. The zero-order valence-corrected chi connectivity index (χ0v) is 30.2. The van der Waals surface area contributed by atoms with Crippen molar-refractivity contribution in [1.29, 1.82) is 0 Å². The topological polar surface area (TPSA) is 201 Å². The Balaban J connectivity index is 1.85. The van der Waals surface area contributed by atoms with Crippen molar-refractivity contribution in [3.63, 3.8) is 0 Å². The van der Waals surface area contributed by atoms with Gasteiger partial charge in [0.05, 0.1) is 0 Å². The van der Waals surface area contributed by atoms with Gasteiger partial charge in [0.15, 0.2) is 5.69 Å². The lowest BCUT2D eigenvalue weighted by Crippen LogP contribution is -2.59. The van der Waals surface area contributed by atoms with Gasteiger partial charge in [-0.1, -0.05) is 65.3 Å². The fourth-order valence-electron chi connectivity index (χ4n) is 4.83. The molecular weight excluding hydrogens is 678 g/mol. The Hall–Kier alpha value is -5.24. The molecule has 0 saturated carbocycles. The van der Waals surface area contributed by atoms with Crippen LogP contribution in [-0.4, -0.2) is 76.7 Å². The predicted molar refractivity (Wildman–Crippen MR) is 190 cm³/mol. The van der Waals surface area contributed by atoms with Crippen molar-refractivity contribution in [2.24, 2.45) is 0 Å². The zero-order valence-electron chi connectivity index (χ0n) is 29.4. The number of nitrogens with one attached hydrogen (secondary N) is 6. The second kappa shape index (κ2) is 19.2. The second-order valence-corrected chi connectivity index (χ2v) is 13.4. The molecular formula is C36H46ClN7O7. The molecule has 15 heteroatoms. The second-order valence-electron chi connectivity index (χ2n) is 13.1. The summed E-state index contributed by atoms with van der Waals surface area (Å²) in [5.41, 5.74) is 2.05. The fourth-order valence-corrected chi connectivity index (χ4v) is 4.92. The number of hydrogen-bond acceptors (Lipinski definition) is 8. The number of halogens is 1. The molecule has 0 fully saturated rings. The summed E-state index contributed by atoms with van der Waals surface area (Å²) in [6.07, 6.45) is -0.172. The van der Waals surface area contributed by atoms with Gasteiger partial charge >= 0.3 is 0 Å². The van der Waals surface area contributed by atoms with Gasteiger partial charge < -0.3 is 36.4 Å². The van der Waals surface area contributed by atoms with Gasteiger partial charge in [-0.3, -0.25) is 28.8 Å². The van der Waals surface area contributed by atoms with E-state index in [1.54, 1.807) is 27.7 Å². The third kappa shape index (κ3) is 14.3. The summed E-state index contributed by atoms with van der Waals surface area (Å²) in [6, 6.07) is 14.3. The molecule has 3 atom stereocenters. The molecule has 3 aromatic rings. The molecule has 14 nitrogen and oxygen atoms in total. The first kappa shape index (κ1) is 40.2. The highest BCUT2D eigenvalue weighted by molar-refractivity contribution is 6.27. The van der Waals surface area contributed by atoms with E-state index >= 15 is 0 Å². The van der Waals surface area contributed by atoms with Crippen LogP contribution in [-0.2, 0) is 36.9 Å². The van der Waals surface area contributed by atoms with E-state index in [9.17, 15) is 28.8 Å². The zero-order chi connectivity index (χ0) is 37.6. The van der Waals surface area contributed by atoms with E-state index in [0.717, 1.165) is 16.7 Å². The van der Waals surface area contributed by atoms with Crippen LogP contribution in [0.3, 0.4) is 0 Å². The van der Waals surface area contributed by atoms with Crippen LogP contribution in [0.1, 0.15) is 66.6 Å². The minimum atomic E-state index is -1.39. The Bertz CT molecular complexity index is 1660. The summed E-state index contributed by atoms with van der Waals surface area (Å²) in [5, 5.41) is 19.7. The lowest BCUT2D eigenvalue weighted by molar-refractivity contribution is -0.133. The number of hydrogen-bond donors (Lipinski definition) is 6. The average molecular weight is 724 g/mol. The molecule has 1 aromatic heterocycles. The first-order valence-electron chi connectivity index (χ1n) is 16.5. The largest absolute Gasteiger partial charge is 0.361 e. The molecule has 6 amide bonds. The van der Waals surface area contributed by atoms with Gasteiger partial charge in [-0.15, -0.1) is 11.6 Å².